The zero-order valence-corrected chi connectivity index (χ0v) is 15.8. The highest BCUT2D eigenvalue weighted by molar-refractivity contribution is 6.30. The molecule has 1 fully saturated rings. The fourth-order valence-corrected chi connectivity index (χ4v) is 3.66. The summed E-state index contributed by atoms with van der Waals surface area (Å²) in [4.78, 5) is 28.4. The van der Waals surface area contributed by atoms with Crippen molar-refractivity contribution in [1.82, 2.24) is 4.98 Å². The maximum Gasteiger partial charge on any atom is 0.417 e. The molecule has 0 spiro atoms. The number of halogens is 1. The van der Waals surface area contributed by atoms with Gasteiger partial charge in [0.15, 0.2) is 5.58 Å². The van der Waals surface area contributed by atoms with Gasteiger partial charge in [0, 0.05) is 35.6 Å². The molecule has 0 unspecified atom stereocenters. The first kappa shape index (κ1) is 18.6. The molecule has 2 aromatic carbocycles. The minimum atomic E-state index is -1.04. The second-order valence-electron chi connectivity index (χ2n) is 7.14. The highest BCUT2D eigenvalue weighted by atomic mass is 35.5. The normalized spacial score (nSPS) is 16.3. The predicted octanol–water partition coefficient (Wildman–Crippen LogP) is 3.13. The number of piperidine rings is 1. The van der Waals surface area contributed by atoms with Gasteiger partial charge >= 0.3 is 5.76 Å². The van der Waals surface area contributed by atoms with E-state index in [9.17, 15) is 14.7 Å². The van der Waals surface area contributed by atoms with E-state index in [0.717, 1.165) is 5.69 Å². The van der Waals surface area contributed by atoms with E-state index in [-0.39, 0.29) is 12.3 Å². The van der Waals surface area contributed by atoms with Crippen molar-refractivity contribution in [1.29, 1.82) is 0 Å². The van der Waals surface area contributed by atoms with Gasteiger partial charge in [-0.15, -0.1) is 0 Å². The number of hydrogen-bond donors (Lipinski definition) is 3. The number of rotatable bonds is 4. The van der Waals surface area contributed by atoms with Crippen molar-refractivity contribution in [3.63, 3.8) is 0 Å². The lowest BCUT2D eigenvalue weighted by molar-refractivity contribution is -0.121. The number of hydrogen-bond acceptors (Lipinski definition) is 5. The van der Waals surface area contributed by atoms with Crippen LogP contribution in [0, 0.1) is 0 Å². The van der Waals surface area contributed by atoms with E-state index in [1.165, 1.54) is 0 Å². The molecule has 4 rings (SSSR count). The first-order valence-corrected chi connectivity index (χ1v) is 9.44. The number of carbonyl (C=O) groups excluding carboxylic acids is 1. The van der Waals surface area contributed by atoms with Crippen LogP contribution >= 0.6 is 11.6 Å². The molecule has 0 radical (unpaired) electrons. The van der Waals surface area contributed by atoms with Gasteiger partial charge in [-0.3, -0.25) is 9.78 Å². The number of anilines is 2. The van der Waals surface area contributed by atoms with Crippen LogP contribution in [0.4, 0.5) is 11.4 Å². The molecule has 0 atom stereocenters. The predicted molar refractivity (Wildman–Crippen MR) is 108 cm³/mol. The smallest absolute Gasteiger partial charge is 0.408 e. The zero-order chi connectivity index (χ0) is 19.7. The van der Waals surface area contributed by atoms with E-state index >= 15 is 0 Å². The van der Waals surface area contributed by atoms with Crippen molar-refractivity contribution < 1.29 is 14.3 Å². The van der Waals surface area contributed by atoms with Gasteiger partial charge in [-0.1, -0.05) is 11.6 Å². The van der Waals surface area contributed by atoms with Gasteiger partial charge < -0.3 is 19.7 Å². The molecule has 2 heterocycles. The van der Waals surface area contributed by atoms with Crippen molar-refractivity contribution in [2.24, 2.45) is 0 Å². The van der Waals surface area contributed by atoms with Crippen LogP contribution in [0.1, 0.15) is 19.3 Å². The first-order chi connectivity index (χ1) is 13.4. The number of carbonyl (C=O) groups is 1. The maximum absolute atomic E-state index is 12.4. The maximum atomic E-state index is 12.4. The first-order valence-electron chi connectivity index (χ1n) is 9.06. The lowest BCUT2D eigenvalue weighted by atomic mass is 9.87. The second kappa shape index (κ2) is 7.33. The van der Waals surface area contributed by atoms with Crippen LogP contribution in [-0.4, -0.2) is 34.7 Å². The van der Waals surface area contributed by atoms with Crippen molar-refractivity contribution in [3.8, 4) is 0 Å². The van der Waals surface area contributed by atoms with Gasteiger partial charge in [0.05, 0.1) is 17.5 Å². The van der Waals surface area contributed by atoms with Crippen LogP contribution in [0.15, 0.2) is 51.7 Å². The van der Waals surface area contributed by atoms with Crippen LogP contribution in [0.2, 0.25) is 5.02 Å². The number of aromatic nitrogens is 1. The number of benzene rings is 2. The number of H-pyrrole nitrogens is 1. The summed E-state index contributed by atoms with van der Waals surface area (Å²) in [7, 11) is 0. The van der Waals surface area contributed by atoms with E-state index < -0.39 is 11.4 Å². The molecule has 28 heavy (non-hydrogen) atoms. The molecule has 146 valence electrons. The highest BCUT2D eigenvalue weighted by Crippen LogP contribution is 2.30. The van der Waals surface area contributed by atoms with Crippen LogP contribution < -0.4 is 16.0 Å². The van der Waals surface area contributed by atoms with E-state index in [1.54, 1.807) is 18.2 Å². The van der Waals surface area contributed by atoms with Crippen LogP contribution in [-0.2, 0) is 4.79 Å². The number of fused-ring (bicyclic) bond motifs is 1. The van der Waals surface area contributed by atoms with E-state index in [2.05, 4.69) is 15.2 Å². The molecule has 3 aromatic rings. The molecular formula is C20H20ClN3O4. The van der Waals surface area contributed by atoms with Crippen molar-refractivity contribution >= 4 is 40.0 Å². The van der Waals surface area contributed by atoms with Gasteiger partial charge in [0.25, 0.3) is 0 Å². The third kappa shape index (κ3) is 4.05. The molecule has 1 aliphatic rings. The van der Waals surface area contributed by atoms with Gasteiger partial charge in [-0.25, -0.2) is 4.79 Å². The average Bonchev–Trinajstić information content (AvgIpc) is 3.02. The summed E-state index contributed by atoms with van der Waals surface area (Å²) in [6.45, 7) is 1.32. The molecule has 1 aliphatic heterocycles. The molecular weight excluding hydrogens is 382 g/mol. The number of amides is 1. The van der Waals surface area contributed by atoms with Crippen LogP contribution in [0.25, 0.3) is 11.1 Å². The summed E-state index contributed by atoms with van der Waals surface area (Å²) in [5.41, 5.74) is 1.46. The number of aliphatic hydroxyl groups is 1. The molecule has 0 aliphatic carbocycles. The van der Waals surface area contributed by atoms with Gasteiger partial charge in [0.2, 0.25) is 5.91 Å². The summed E-state index contributed by atoms with van der Waals surface area (Å²) in [5, 5.41) is 14.3. The summed E-state index contributed by atoms with van der Waals surface area (Å²) < 4.78 is 5.00. The fourth-order valence-electron chi connectivity index (χ4n) is 3.54. The number of aromatic amines is 1. The molecule has 0 saturated carbocycles. The minimum Gasteiger partial charge on any atom is -0.408 e. The van der Waals surface area contributed by atoms with Crippen molar-refractivity contribution in [2.75, 3.05) is 23.3 Å². The Bertz CT molecular complexity index is 1050. The second-order valence-corrected chi connectivity index (χ2v) is 7.57. The summed E-state index contributed by atoms with van der Waals surface area (Å²) >= 11 is 5.93. The molecule has 7 nitrogen and oxygen atoms in total. The number of oxazole rings is 1. The summed E-state index contributed by atoms with van der Waals surface area (Å²) in [6, 6.07) is 12.5. The summed E-state index contributed by atoms with van der Waals surface area (Å²) in [5.74, 6) is -0.820. The fraction of sp³-hybridized carbons (Fsp3) is 0.300. The minimum absolute atomic E-state index is 0.0105. The van der Waals surface area contributed by atoms with Gasteiger partial charge in [-0.05, 0) is 49.2 Å². The summed E-state index contributed by atoms with van der Waals surface area (Å²) in [6.07, 6.45) is 1.00. The lowest BCUT2D eigenvalue weighted by Crippen LogP contribution is -2.46. The Labute approximate surface area is 165 Å². The average molecular weight is 402 g/mol. The largest absolute Gasteiger partial charge is 0.417 e. The quantitative estimate of drug-likeness (QED) is 0.623. The third-order valence-corrected chi connectivity index (χ3v) is 5.33. The Hall–Kier alpha value is -2.77. The topological polar surface area (TPSA) is 98.6 Å². The molecule has 1 amide bonds. The van der Waals surface area contributed by atoms with Crippen molar-refractivity contribution in [2.45, 2.75) is 24.9 Å². The van der Waals surface area contributed by atoms with Gasteiger partial charge in [0.1, 0.15) is 0 Å². The van der Waals surface area contributed by atoms with E-state index in [1.807, 2.05) is 24.3 Å². The third-order valence-electron chi connectivity index (χ3n) is 5.08. The van der Waals surface area contributed by atoms with Crippen LogP contribution in [0.5, 0.6) is 0 Å². The lowest BCUT2D eigenvalue weighted by Gasteiger charge is -2.39. The zero-order valence-electron chi connectivity index (χ0n) is 15.1. The molecule has 8 heteroatoms. The molecule has 3 N–H and O–H groups in total. The molecule has 0 bridgehead atoms. The van der Waals surface area contributed by atoms with Crippen molar-refractivity contribution in [3.05, 3.63) is 58.0 Å². The monoisotopic (exact) mass is 401 g/mol. The van der Waals surface area contributed by atoms with Crippen LogP contribution in [0.3, 0.4) is 0 Å². The molecule has 1 saturated heterocycles. The van der Waals surface area contributed by atoms with E-state index in [0.29, 0.717) is 47.7 Å². The highest BCUT2D eigenvalue weighted by Gasteiger charge is 2.34. The number of nitrogens with zero attached hydrogens (tertiary/aromatic N) is 1. The van der Waals surface area contributed by atoms with E-state index in [4.69, 9.17) is 16.0 Å². The van der Waals surface area contributed by atoms with Gasteiger partial charge in [-0.2, -0.15) is 0 Å². The Kier molecular flexibility index (Phi) is 4.87. The Morgan fingerprint density at radius 1 is 1.21 bits per heavy atom. The Morgan fingerprint density at radius 3 is 2.64 bits per heavy atom. The standard InChI is InChI=1S/C20H20ClN3O4/c21-13-1-4-15(5-2-13)24-9-7-20(27,8-10-24)12-18(25)22-14-3-6-16-17(11-14)28-19(26)23-16/h1-6,11,27H,7-10,12H2,(H,22,25)(H,23,26). The number of nitrogens with one attached hydrogen (secondary N) is 2. The Balaban J connectivity index is 1.36. The SMILES string of the molecule is O=C(CC1(O)CCN(c2ccc(Cl)cc2)CC1)Nc1ccc2[nH]c(=O)oc2c1. The Morgan fingerprint density at radius 2 is 1.93 bits per heavy atom. The molecule has 1 aromatic heterocycles.